The monoisotopic (exact) mass is 522 g/mol. The summed E-state index contributed by atoms with van der Waals surface area (Å²) in [5, 5.41) is 3.41. The van der Waals surface area contributed by atoms with Crippen LogP contribution in [0.15, 0.2) is 34.7 Å². The Morgan fingerprint density at radius 3 is 2.39 bits per heavy atom. The highest BCUT2D eigenvalue weighted by atomic mass is 32.2. The number of morpholine rings is 1. The highest BCUT2D eigenvalue weighted by Gasteiger charge is 2.36. The molecule has 0 aromatic rings. The number of likely N-dealkylation sites (N-methyl/N-ethyl adjacent to an activating group) is 1. The Labute approximate surface area is 224 Å². The first kappa shape index (κ1) is 30.6. The number of nitrogens with zero attached hydrogens (tertiary/aromatic N) is 3. The SMILES string of the molecule is C=CN(CC)/C(=C(/C)[C@@](C)(CC)SC1=C(NC)CCN(C(=O)OC(C)(C)C)C1)C(C)N1CCOCC1. The molecule has 0 radical (unpaired) electrons. The summed E-state index contributed by atoms with van der Waals surface area (Å²) in [7, 11) is 1.98. The molecule has 7 nitrogen and oxygen atoms in total. The summed E-state index contributed by atoms with van der Waals surface area (Å²) in [5.41, 5.74) is 3.38. The van der Waals surface area contributed by atoms with E-state index in [9.17, 15) is 4.79 Å². The van der Waals surface area contributed by atoms with Crippen LogP contribution in [0.1, 0.15) is 68.2 Å². The first-order valence-electron chi connectivity index (χ1n) is 13.4. The number of rotatable bonds is 10. The fourth-order valence-corrected chi connectivity index (χ4v) is 6.33. The summed E-state index contributed by atoms with van der Waals surface area (Å²) < 4.78 is 11.2. The van der Waals surface area contributed by atoms with Gasteiger partial charge < -0.3 is 24.6 Å². The minimum Gasteiger partial charge on any atom is -0.444 e. The molecule has 0 aliphatic carbocycles. The lowest BCUT2D eigenvalue weighted by Crippen LogP contribution is -2.46. The lowest BCUT2D eigenvalue weighted by atomic mass is 9.93. The third-order valence-electron chi connectivity index (χ3n) is 7.32. The second-order valence-corrected chi connectivity index (χ2v) is 12.4. The molecule has 2 heterocycles. The van der Waals surface area contributed by atoms with E-state index in [0.29, 0.717) is 13.1 Å². The highest BCUT2D eigenvalue weighted by molar-refractivity contribution is 8.04. The van der Waals surface area contributed by atoms with Crippen molar-refractivity contribution in [3.63, 3.8) is 0 Å². The summed E-state index contributed by atoms with van der Waals surface area (Å²) in [6, 6.07) is 0.251. The maximum absolute atomic E-state index is 12.9. The smallest absolute Gasteiger partial charge is 0.410 e. The predicted molar refractivity (Wildman–Crippen MR) is 152 cm³/mol. The number of thioether (sulfide) groups is 1. The second-order valence-electron chi connectivity index (χ2n) is 10.8. The van der Waals surface area contributed by atoms with Crippen molar-refractivity contribution >= 4 is 17.9 Å². The molecule has 0 bridgehead atoms. The van der Waals surface area contributed by atoms with Gasteiger partial charge in [0.15, 0.2) is 0 Å². The molecule has 8 heteroatoms. The first-order chi connectivity index (χ1) is 16.9. The molecule has 2 rings (SSSR count). The third kappa shape index (κ3) is 7.68. The van der Waals surface area contributed by atoms with E-state index in [1.54, 1.807) is 0 Å². The quantitative estimate of drug-likeness (QED) is 0.411. The van der Waals surface area contributed by atoms with Crippen molar-refractivity contribution in [2.75, 3.05) is 53.0 Å². The number of carbonyl (C=O) groups excluding carboxylic acids is 1. The van der Waals surface area contributed by atoms with Gasteiger partial charge in [0.25, 0.3) is 0 Å². The standard InChI is InChI=1S/C28H50N4O3S/c1-11-28(9,21(4)25(30(12-2)13-3)22(5)31-16-18-34-19-17-31)36-24-20-32(15-14-23(24)29-10)26(33)35-27(6,7)8/h12,22,29H,2,11,13-20H2,1,3-10H3/b25-21-/t22?,28-/m1/s1. The van der Waals surface area contributed by atoms with Crippen LogP contribution < -0.4 is 5.32 Å². The van der Waals surface area contributed by atoms with Gasteiger partial charge >= 0.3 is 6.09 Å². The van der Waals surface area contributed by atoms with Gasteiger partial charge in [-0.05, 0) is 66.7 Å². The molecule has 2 aliphatic rings. The summed E-state index contributed by atoms with van der Waals surface area (Å²) in [6.45, 7) is 26.7. The van der Waals surface area contributed by atoms with Crippen molar-refractivity contribution in [1.82, 2.24) is 20.0 Å². The van der Waals surface area contributed by atoms with Crippen molar-refractivity contribution in [3.05, 3.63) is 34.7 Å². The van der Waals surface area contributed by atoms with Gasteiger partial charge in [-0.15, -0.1) is 11.8 Å². The Balaban J connectivity index is 2.43. The molecule has 0 saturated carbocycles. The van der Waals surface area contributed by atoms with Gasteiger partial charge in [-0.1, -0.05) is 13.5 Å². The van der Waals surface area contributed by atoms with Crippen molar-refractivity contribution in [2.24, 2.45) is 0 Å². The van der Waals surface area contributed by atoms with Crippen LogP contribution in [0, 0.1) is 0 Å². The molecule has 1 unspecified atom stereocenters. The minimum absolute atomic E-state index is 0.152. The lowest BCUT2D eigenvalue weighted by Gasteiger charge is -2.42. The van der Waals surface area contributed by atoms with Gasteiger partial charge in [0.05, 0.1) is 19.8 Å². The molecule has 1 amide bonds. The zero-order valence-corrected chi connectivity index (χ0v) is 25.0. The van der Waals surface area contributed by atoms with E-state index in [0.717, 1.165) is 45.7 Å². The van der Waals surface area contributed by atoms with Crippen molar-refractivity contribution in [2.45, 2.75) is 84.6 Å². The predicted octanol–water partition coefficient (Wildman–Crippen LogP) is 5.42. The number of carbonyl (C=O) groups is 1. The van der Waals surface area contributed by atoms with Crippen LogP contribution in [-0.2, 0) is 9.47 Å². The van der Waals surface area contributed by atoms with Crippen molar-refractivity contribution in [3.8, 4) is 0 Å². The average Bonchev–Trinajstić information content (AvgIpc) is 2.85. The van der Waals surface area contributed by atoms with Gasteiger partial charge in [-0.2, -0.15) is 0 Å². The zero-order valence-electron chi connectivity index (χ0n) is 24.2. The van der Waals surface area contributed by atoms with Crippen molar-refractivity contribution in [1.29, 1.82) is 0 Å². The molecule has 36 heavy (non-hydrogen) atoms. The fraction of sp³-hybridized carbons (Fsp3) is 0.750. The Bertz CT molecular complexity index is 829. The number of hydrogen-bond acceptors (Lipinski definition) is 7. The molecular formula is C28H50N4O3S. The zero-order chi connectivity index (χ0) is 27.1. The average molecular weight is 523 g/mol. The van der Waals surface area contributed by atoms with Crippen LogP contribution in [0.2, 0.25) is 0 Å². The summed E-state index contributed by atoms with van der Waals surface area (Å²) in [6.07, 6.45) is 3.47. The number of nitrogens with one attached hydrogen (secondary N) is 1. The van der Waals surface area contributed by atoms with Gasteiger partial charge in [0, 0.05) is 66.7 Å². The first-order valence-corrected chi connectivity index (χ1v) is 14.2. The number of amides is 1. The molecule has 0 spiro atoms. The van der Waals surface area contributed by atoms with Crippen LogP contribution in [0.5, 0.6) is 0 Å². The van der Waals surface area contributed by atoms with Crippen LogP contribution in [-0.4, -0.2) is 90.2 Å². The van der Waals surface area contributed by atoms with E-state index in [4.69, 9.17) is 9.47 Å². The molecule has 2 atom stereocenters. The van der Waals surface area contributed by atoms with Crippen LogP contribution in [0.25, 0.3) is 0 Å². The molecule has 1 N–H and O–H groups in total. The molecule has 0 aromatic carbocycles. The summed E-state index contributed by atoms with van der Waals surface area (Å²) in [5.74, 6) is 0. The number of hydrogen-bond donors (Lipinski definition) is 1. The van der Waals surface area contributed by atoms with E-state index in [1.807, 2.05) is 50.7 Å². The van der Waals surface area contributed by atoms with E-state index in [1.165, 1.54) is 21.9 Å². The molecule has 2 aliphatic heterocycles. The van der Waals surface area contributed by atoms with Gasteiger partial charge in [0.1, 0.15) is 5.60 Å². The second kappa shape index (κ2) is 13.2. The lowest BCUT2D eigenvalue weighted by molar-refractivity contribution is 0.0228. The van der Waals surface area contributed by atoms with Gasteiger partial charge in [-0.25, -0.2) is 4.79 Å². The maximum atomic E-state index is 12.9. The van der Waals surface area contributed by atoms with E-state index in [2.05, 4.69) is 56.3 Å². The summed E-state index contributed by atoms with van der Waals surface area (Å²) >= 11 is 1.88. The van der Waals surface area contributed by atoms with E-state index >= 15 is 0 Å². The van der Waals surface area contributed by atoms with Crippen molar-refractivity contribution < 1.29 is 14.3 Å². The Morgan fingerprint density at radius 2 is 1.89 bits per heavy atom. The van der Waals surface area contributed by atoms with E-state index < -0.39 is 5.60 Å². The maximum Gasteiger partial charge on any atom is 0.410 e. The topological polar surface area (TPSA) is 57.3 Å². The Kier molecular flexibility index (Phi) is 11.3. The molecule has 206 valence electrons. The highest BCUT2D eigenvalue weighted by Crippen LogP contribution is 2.45. The third-order valence-corrected chi connectivity index (χ3v) is 8.98. The van der Waals surface area contributed by atoms with Gasteiger partial charge in [-0.3, -0.25) is 4.90 Å². The van der Waals surface area contributed by atoms with Gasteiger partial charge in [0.2, 0.25) is 0 Å². The molecule has 1 fully saturated rings. The van der Waals surface area contributed by atoms with Crippen LogP contribution in [0.4, 0.5) is 4.79 Å². The van der Waals surface area contributed by atoms with Crippen LogP contribution in [0.3, 0.4) is 0 Å². The fourth-order valence-electron chi connectivity index (χ4n) is 4.84. The number of ether oxygens (including phenoxy) is 2. The molecule has 0 aromatic heterocycles. The largest absolute Gasteiger partial charge is 0.444 e. The Morgan fingerprint density at radius 1 is 1.25 bits per heavy atom. The van der Waals surface area contributed by atoms with Crippen LogP contribution >= 0.6 is 11.8 Å². The normalized spacial score (nSPS) is 20.9. The summed E-state index contributed by atoms with van der Waals surface area (Å²) in [4.78, 5) is 20.7. The molecular weight excluding hydrogens is 472 g/mol. The van der Waals surface area contributed by atoms with E-state index in [-0.39, 0.29) is 16.9 Å². The molecule has 1 saturated heterocycles. The Hall–Kier alpha value is -1.64. The minimum atomic E-state index is -0.506.